The van der Waals surface area contributed by atoms with Crippen LogP contribution >= 0.6 is 0 Å². The highest BCUT2D eigenvalue weighted by Gasteiger charge is 2.41. The van der Waals surface area contributed by atoms with Gasteiger partial charge in [0.25, 0.3) is 5.91 Å². The molecule has 0 saturated carbocycles. The van der Waals surface area contributed by atoms with E-state index in [9.17, 15) is 27.6 Å². The number of halogens is 3. The average Bonchev–Trinajstić information content (AvgIpc) is 2.92. The van der Waals surface area contributed by atoms with Crippen molar-refractivity contribution in [2.75, 3.05) is 37.5 Å². The first kappa shape index (κ1) is 28.1. The fourth-order valence-corrected chi connectivity index (χ4v) is 4.15. The van der Waals surface area contributed by atoms with Crippen molar-refractivity contribution in [1.29, 1.82) is 0 Å². The number of methoxy groups -OCH3 is 1. The number of urea groups is 2. The summed E-state index contributed by atoms with van der Waals surface area (Å²) in [6.45, 7) is 4.19. The van der Waals surface area contributed by atoms with Crippen LogP contribution in [0.15, 0.2) is 63.7 Å². The first-order valence-corrected chi connectivity index (χ1v) is 12.1. The number of rotatable bonds is 5. The number of anilines is 2. The lowest BCUT2D eigenvalue weighted by Gasteiger charge is -2.38. The number of nitrogens with one attached hydrogen (secondary N) is 3. The molecule has 210 valence electrons. The maximum Gasteiger partial charge on any atom is 0.416 e. The first-order chi connectivity index (χ1) is 19.0. The molecule has 2 aliphatic rings. The molecule has 2 aromatic carbocycles. The zero-order chi connectivity index (χ0) is 29.2. The number of imide groups is 1. The van der Waals surface area contributed by atoms with Gasteiger partial charge in [0.05, 0.1) is 24.9 Å². The third-order valence-electron chi connectivity index (χ3n) is 6.08. The highest BCUT2D eigenvalue weighted by Crippen LogP contribution is 2.35. The number of alkyl halides is 3. The highest BCUT2D eigenvalue weighted by atomic mass is 19.4. The van der Waals surface area contributed by atoms with E-state index >= 15 is 0 Å². The molecule has 11 nitrogen and oxygen atoms in total. The molecule has 0 unspecified atom stereocenters. The lowest BCUT2D eigenvalue weighted by atomic mass is 10.1. The molecule has 14 heteroatoms. The van der Waals surface area contributed by atoms with Crippen LogP contribution in [0.1, 0.15) is 29.8 Å². The molecule has 3 N–H and O–H groups in total. The number of amides is 5. The summed E-state index contributed by atoms with van der Waals surface area (Å²) in [7, 11) is 2.75. The van der Waals surface area contributed by atoms with Crippen molar-refractivity contribution in [2.45, 2.75) is 20.0 Å². The number of amidine groups is 1. The fraction of sp³-hybridized carbons (Fsp3) is 0.269. The summed E-state index contributed by atoms with van der Waals surface area (Å²) in [4.78, 5) is 50.3. The normalized spacial score (nSPS) is 15.2. The quantitative estimate of drug-likeness (QED) is 0.508. The fourth-order valence-electron chi connectivity index (χ4n) is 4.15. The number of ether oxygens (including phenoxy) is 1. The van der Waals surface area contributed by atoms with Gasteiger partial charge in [-0.1, -0.05) is 6.07 Å². The Labute approximate surface area is 227 Å². The van der Waals surface area contributed by atoms with Crippen LogP contribution in [0.2, 0.25) is 0 Å². The zero-order valence-corrected chi connectivity index (χ0v) is 22.0. The van der Waals surface area contributed by atoms with Crippen molar-refractivity contribution in [1.82, 2.24) is 15.5 Å². The number of carbonyl (C=O) groups excluding carboxylic acids is 3. The number of guanidine groups is 1. The van der Waals surface area contributed by atoms with Gasteiger partial charge in [0, 0.05) is 48.2 Å². The molecule has 2 aromatic rings. The Balaban J connectivity index is 1.75. The highest BCUT2D eigenvalue weighted by molar-refractivity contribution is 6.27. The van der Waals surface area contributed by atoms with Gasteiger partial charge in [-0.2, -0.15) is 23.1 Å². The summed E-state index contributed by atoms with van der Waals surface area (Å²) in [6.07, 6.45) is -4.62. The van der Waals surface area contributed by atoms with E-state index in [1.807, 2.05) is 6.92 Å². The van der Waals surface area contributed by atoms with Crippen LogP contribution in [0.4, 0.5) is 34.1 Å². The molecule has 0 atom stereocenters. The van der Waals surface area contributed by atoms with E-state index in [4.69, 9.17) is 4.74 Å². The number of hydrogen-bond donors (Lipinski definition) is 3. The van der Waals surface area contributed by atoms with E-state index in [0.717, 1.165) is 23.1 Å². The largest absolute Gasteiger partial charge is 0.497 e. The molecule has 4 rings (SSSR count). The van der Waals surface area contributed by atoms with Crippen LogP contribution in [0.5, 0.6) is 5.75 Å². The minimum atomic E-state index is -4.62. The number of carbonyl (C=O) groups is 3. The van der Waals surface area contributed by atoms with Gasteiger partial charge < -0.3 is 20.7 Å². The number of benzene rings is 2. The topological polar surface area (TPSA) is 128 Å². The van der Waals surface area contributed by atoms with Crippen LogP contribution in [-0.2, 0) is 6.18 Å². The maximum atomic E-state index is 13.7. The standard InChI is InChI=1S/C26H26F3N7O4/c1-5-31-23-32-13-20-14(2)35(25(39)36(21(20)34-23)24(38)30-3)18-10-17(11-19(12-18)40-4)33-22(37)15-7-6-8-16(9-15)26(27,28)29/h6-12H,5,13H2,1-4H3,(H,30,38)(H,31,32)(H,33,37). The molecule has 2 heterocycles. The molecular formula is C26H26F3N7O4. The van der Waals surface area contributed by atoms with Gasteiger partial charge in [0.1, 0.15) is 5.75 Å². The van der Waals surface area contributed by atoms with Crippen LogP contribution in [0.3, 0.4) is 0 Å². The lowest BCUT2D eigenvalue weighted by Crippen LogP contribution is -2.57. The molecule has 0 radical (unpaired) electrons. The van der Waals surface area contributed by atoms with Gasteiger partial charge in [-0.05, 0) is 38.1 Å². The Morgan fingerprint density at radius 3 is 2.55 bits per heavy atom. The summed E-state index contributed by atoms with van der Waals surface area (Å²) in [5.74, 6) is -0.149. The summed E-state index contributed by atoms with van der Waals surface area (Å²) < 4.78 is 44.8. The summed E-state index contributed by atoms with van der Waals surface area (Å²) in [5.41, 5.74) is 0.142. The molecule has 0 aliphatic carbocycles. The van der Waals surface area contributed by atoms with Crippen molar-refractivity contribution in [3.63, 3.8) is 0 Å². The predicted molar refractivity (Wildman–Crippen MR) is 143 cm³/mol. The average molecular weight is 558 g/mol. The molecule has 0 aromatic heterocycles. The maximum absolute atomic E-state index is 13.7. The van der Waals surface area contributed by atoms with E-state index in [-0.39, 0.29) is 41.0 Å². The minimum Gasteiger partial charge on any atom is -0.497 e. The summed E-state index contributed by atoms with van der Waals surface area (Å²) in [6, 6.07) is 6.93. The third kappa shape index (κ3) is 5.46. The second-order valence-corrected chi connectivity index (χ2v) is 8.63. The number of fused-ring (bicyclic) bond motifs is 1. The Kier molecular flexibility index (Phi) is 7.79. The van der Waals surface area contributed by atoms with E-state index in [2.05, 4.69) is 25.9 Å². The van der Waals surface area contributed by atoms with Crippen LogP contribution < -0.4 is 25.6 Å². The molecular weight excluding hydrogens is 531 g/mol. The van der Waals surface area contributed by atoms with Gasteiger partial charge in [-0.15, -0.1) is 0 Å². The summed E-state index contributed by atoms with van der Waals surface area (Å²) in [5, 5.41) is 7.97. The SMILES string of the molecule is CCNC1=NCC2=C(C)N(c3cc(NC(=O)c4cccc(C(F)(F)F)c4)cc(OC)c3)C(=O)N(C(=O)NC)C2=N1. The minimum absolute atomic E-state index is 0.130. The molecule has 0 saturated heterocycles. The van der Waals surface area contributed by atoms with E-state index in [0.29, 0.717) is 17.8 Å². The van der Waals surface area contributed by atoms with E-state index in [1.54, 1.807) is 6.92 Å². The Bertz CT molecular complexity index is 1470. The number of hydrogen-bond acceptors (Lipinski definition) is 7. The number of aliphatic imine (C=N–C) groups is 2. The lowest BCUT2D eigenvalue weighted by molar-refractivity contribution is -0.137. The Morgan fingerprint density at radius 2 is 1.90 bits per heavy atom. The van der Waals surface area contributed by atoms with Gasteiger partial charge in [0.15, 0.2) is 5.84 Å². The van der Waals surface area contributed by atoms with E-state index < -0.39 is 29.7 Å². The van der Waals surface area contributed by atoms with Gasteiger partial charge in [-0.25, -0.2) is 14.6 Å². The molecule has 40 heavy (non-hydrogen) atoms. The second-order valence-electron chi connectivity index (χ2n) is 8.63. The zero-order valence-electron chi connectivity index (χ0n) is 22.0. The first-order valence-electron chi connectivity index (χ1n) is 12.1. The van der Waals surface area contributed by atoms with Crippen LogP contribution in [0, 0.1) is 0 Å². The Hall–Kier alpha value is -4.88. The molecule has 5 amide bonds. The van der Waals surface area contributed by atoms with Crippen LogP contribution in [0.25, 0.3) is 0 Å². The van der Waals surface area contributed by atoms with Gasteiger partial charge in [0.2, 0.25) is 5.96 Å². The molecule has 0 fully saturated rings. The van der Waals surface area contributed by atoms with Crippen molar-refractivity contribution >= 4 is 41.1 Å². The van der Waals surface area contributed by atoms with Crippen molar-refractivity contribution in [2.24, 2.45) is 9.98 Å². The monoisotopic (exact) mass is 557 g/mol. The molecule has 0 bridgehead atoms. The van der Waals surface area contributed by atoms with Crippen LogP contribution in [-0.4, -0.2) is 61.9 Å². The summed E-state index contributed by atoms with van der Waals surface area (Å²) >= 11 is 0. The third-order valence-corrected chi connectivity index (χ3v) is 6.08. The van der Waals surface area contributed by atoms with Crippen molar-refractivity contribution < 1.29 is 32.3 Å². The molecule has 2 aliphatic heterocycles. The molecule has 0 spiro atoms. The van der Waals surface area contributed by atoms with Crippen molar-refractivity contribution in [3.05, 3.63) is 64.9 Å². The predicted octanol–water partition coefficient (Wildman–Crippen LogP) is 4.20. The second kappa shape index (κ2) is 11.1. The Morgan fingerprint density at radius 1 is 1.15 bits per heavy atom. The number of allylic oxidation sites excluding steroid dienone is 1. The van der Waals surface area contributed by atoms with E-state index in [1.165, 1.54) is 43.3 Å². The van der Waals surface area contributed by atoms with Crippen molar-refractivity contribution in [3.8, 4) is 5.75 Å². The van der Waals surface area contributed by atoms with Gasteiger partial charge >= 0.3 is 18.2 Å². The number of nitrogens with zero attached hydrogens (tertiary/aromatic N) is 4. The van der Waals surface area contributed by atoms with Gasteiger partial charge in [-0.3, -0.25) is 9.69 Å². The smallest absolute Gasteiger partial charge is 0.416 e.